The minimum atomic E-state index is -0.981. The molecule has 29 heavy (non-hydrogen) atoms. The molecular formula is C21H22F2N2O4. The quantitative estimate of drug-likeness (QED) is 0.522. The summed E-state index contributed by atoms with van der Waals surface area (Å²) < 4.78 is 31.5. The summed E-state index contributed by atoms with van der Waals surface area (Å²) in [6, 6.07) is 9.86. The van der Waals surface area contributed by atoms with Crippen molar-refractivity contribution < 1.29 is 27.9 Å². The van der Waals surface area contributed by atoms with Gasteiger partial charge in [-0.05, 0) is 50.1 Å². The number of nitrogens with one attached hydrogen (secondary N) is 2. The highest BCUT2D eigenvalue weighted by atomic mass is 19.1. The van der Waals surface area contributed by atoms with Crippen LogP contribution in [0.2, 0.25) is 0 Å². The van der Waals surface area contributed by atoms with Crippen LogP contribution in [0.3, 0.4) is 0 Å². The van der Waals surface area contributed by atoms with Crippen molar-refractivity contribution in [2.45, 2.75) is 32.8 Å². The lowest BCUT2D eigenvalue weighted by molar-refractivity contribution is -0.153. The van der Waals surface area contributed by atoms with Gasteiger partial charge in [0.05, 0.1) is 5.56 Å². The Morgan fingerprint density at radius 2 is 1.86 bits per heavy atom. The molecule has 1 unspecified atom stereocenters. The molecule has 0 aliphatic carbocycles. The van der Waals surface area contributed by atoms with E-state index in [1.165, 1.54) is 6.92 Å². The predicted octanol–water partition coefficient (Wildman–Crippen LogP) is 3.35. The van der Waals surface area contributed by atoms with Crippen LogP contribution >= 0.6 is 0 Å². The van der Waals surface area contributed by atoms with Crippen molar-refractivity contribution in [3.63, 3.8) is 0 Å². The summed E-state index contributed by atoms with van der Waals surface area (Å²) in [5.41, 5.74) is 1.30. The zero-order valence-corrected chi connectivity index (χ0v) is 16.1. The normalized spacial score (nSPS) is 11.4. The molecule has 0 aliphatic heterocycles. The Hall–Kier alpha value is -3.29. The van der Waals surface area contributed by atoms with Crippen molar-refractivity contribution in [3.05, 3.63) is 65.2 Å². The van der Waals surface area contributed by atoms with Crippen molar-refractivity contribution in [1.82, 2.24) is 5.32 Å². The van der Waals surface area contributed by atoms with Crippen LogP contribution in [-0.4, -0.2) is 30.4 Å². The van der Waals surface area contributed by atoms with Gasteiger partial charge in [0, 0.05) is 24.7 Å². The summed E-state index contributed by atoms with van der Waals surface area (Å²) in [6.07, 6.45) is -0.778. The maximum atomic E-state index is 13.5. The number of carbonyl (C=O) groups excluding carboxylic acids is 3. The molecule has 0 saturated heterocycles. The minimum Gasteiger partial charge on any atom is -0.453 e. The molecule has 0 radical (unpaired) electrons. The average Bonchev–Trinajstić information content (AvgIpc) is 2.65. The average molecular weight is 404 g/mol. The predicted molar refractivity (Wildman–Crippen MR) is 103 cm³/mol. The molecule has 2 N–H and O–H groups in total. The van der Waals surface area contributed by atoms with Gasteiger partial charge < -0.3 is 15.4 Å². The summed E-state index contributed by atoms with van der Waals surface area (Å²) in [5, 5.41) is 5.10. The number of amides is 2. The Balaban J connectivity index is 1.70. The Bertz CT molecular complexity index is 902. The van der Waals surface area contributed by atoms with Gasteiger partial charge in [-0.3, -0.25) is 14.4 Å². The number of esters is 1. The second kappa shape index (κ2) is 10.3. The van der Waals surface area contributed by atoms with Gasteiger partial charge in [-0.1, -0.05) is 12.1 Å². The van der Waals surface area contributed by atoms with Gasteiger partial charge in [0.2, 0.25) is 0 Å². The van der Waals surface area contributed by atoms with Crippen LogP contribution in [0, 0.1) is 18.6 Å². The van der Waals surface area contributed by atoms with Gasteiger partial charge in [-0.2, -0.15) is 0 Å². The van der Waals surface area contributed by atoms with Crippen LogP contribution in [0.25, 0.3) is 0 Å². The molecular weight excluding hydrogens is 382 g/mol. The number of hydrogen-bond donors (Lipinski definition) is 2. The topological polar surface area (TPSA) is 84.5 Å². The molecule has 0 aromatic heterocycles. The number of hydrogen-bond acceptors (Lipinski definition) is 4. The number of halogens is 2. The smallest absolute Gasteiger partial charge is 0.306 e. The molecule has 0 bridgehead atoms. The Morgan fingerprint density at radius 1 is 1.10 bits per heavy atom. The molecule has 0 spiro atoms. The van der Waals surface area contributed by atoms with E-state index in [1.807, 2.05) is 13.0 Å². The Morgan fingerprint density at radius 3 is 2.55 bits per heavy atom. The SMILES string of the molecule is Cc1cccc(NC(=O)C(C)OC(=O)CCCNC(=O)c2ccc(F)cc2F)c1. The van der Waals surface area contributed by atoms with Gasteiger partial charge >= 0.3 is 5.97 Å². The molecule has 2 amide bonds. The lowest BCUT2D eigenvalue weighted by Crippen LogP contribution is -2.30. The number of carbonyl (C=O) groups is 3. The van der Waals surface area contributed by atoms with Crippen LogP contribution in [-0.2, 0) is 14.3 Å². The van der Waals surface area contributed by atoms with Crippen molar-refractivity contribution in [2.24, 2.45) is 0 Å². The first-order valence-electron chi connectivity index (χ1n) is 9.06. The molecule has 2 aromatic carbocycles. The molecule has 0 aliphatic rings. The van der Waals surface area contributed by atoms with Crippen LogP contribution in [0.1, 0.15) is 35.7 Å². The highest BCUT2D eigenvalue weighted by molar-refractivity contribution is 5.95. The molecule has 0 saturated carbocycles. The van der Waals surface area contributed by atoms with Crippen LogP contribution < -0.4 is 10.6 Å². The molecule has 8 heteroatoms. The summed E-state index contributed by atoms with van der Waals surface area (Å²) in [5.74, 6) is -3.50. The van der Waals surface area contributed by atoms with Crippen molar-refractivity contribution in [2.75, 3.05) is 11.9 Å². The number of ether oxygens (including phenoxy) is 1. The Kier molecular flexibility index (Phi) is 7.82. The first-order chi connectivity index (χ1) is 13.8. The molecule has 1 atom stereocenters. The van der Waals surface area contributed by atoms with Gasteiger partial charge in [-0.15, -0.1) is 0 Å². The van der Waals surface area contributed by atoms with E-state index < -0.39 is 35.5 Å². The monoisotopic (exact) mass is 404 g/mol. The van der Waals surface area contributed by atoms with Crippen LogP contribution in [0.15, 0.2) is 42.5 Å². The fourth-order valence-electron chi connectivity index (χ4n) is 2.48. The van der Waals surface area contributed by atoms with E-state index in [9.17, 15) is 23.2 Å². The fourth-order valence-corrected chi connectivity index (χ4v) is 2.48. The Labute approximate surface area is 167 Å². The number of rotatable bonds is 8. The number of benzene rings is 2. The lowest BCUT2D eigenvalue weighted by atomic mass is 10.2. The van der Waals surface area contributed by atoms with Crippen molar-refractivity contribution in [3.8, 4) is 0 Å². The summed E-state index contributed by atoms with van der Waals surface area (Å²) >= 11 is 0. The van der Waals surface area contributed by atoms with E-state index >= 15 is 0 Å². The standard InChI is InChI=1S/C21H22F2N2O4/c1-13-5-3-6-16(11-13)25-20(27)14(2)29-19(26)7-4-10-24-21(28)17-9-8-15(22)12-18(17)23/h3,5-6,8-9,11-12,14H,4,7,10H2,1-2H3,(H,24,28)(H,25,27). The fraction of sp³-hybridized carbons (Fsp3) is 0.286. The highest BCUT2D eigenvalue weighted by Gasteiger charge is 2.18. The largest absolute Gasteiger partial charge is 0.453 e. The summed E-state index contributed by atoms with van der Waals surface area (Å²) in [6.45, 7) is 3.44. The molecule has 2 aromatic rings. The first kappa shape index (κ1) is 22.0. The van der Waals surface area contributed by atoms with E-state index in [-0.39, 0.29) is 24.9 Å². The van der Waals surface area contributed by atoms with Crippen LogP contribution in [0.4, 0.5) is 14.5 Å². The van der Waals surface area contributed by atoms with Crippen molar-refractivity contribution >= 4 is 23.5 Å². The second-order valence-corrected chi connectivity index (χ2v) is 6.47. The first-order valence-corrected chi connectivity index (χ1v) is 9.06. The van der Waals surface area contributed by atoms with Crippen molar-refractivity contribution in [1.29, 1.82) is 0 Å². The molecule has 2 rings (SSSR count). The van der Waals surface area contributed by atoms with E-state index in [4.69, 9.17) is 4.74 Å². The van der Waals surface area contributed by atoms with E-state index in [1.54, 1.807) is 18.2 Å². The maximum Gasteiger partial charge on any atom is 0.306 e. The molecule has 0 fully saturated rings. The van der Waals surface area contributed by atoms with Crippen LogP contribution in [0.5, 0.6) is 0 Å². The highest BCUT2D eigenvalue weighted by Crippen LogP contribution is 2.11. The zero-order chi connectivity index (χ0) is 21.4. The zero-order valence-electron chi connectivity index (χ0n) is 16.1. The number of anilines is 1. The van der Waals surface area contributed by atoms with Gasteiger partial charge in [0.25, 0.3) is 11.8 Å². The third-order valence-corrected chi connectivity index (χ3v) is 3.98. The van der Waals surface area contributed by atoms with E-state index in [0.717, 1.165) is 17.7 Å². The molecule has 6 nitrogen and oxygen atoms in total. The lowest BCUT2D eigenvalue weighted by Gasteiger charge is -2.14. The maximum absolute atomic E-state index is 13.5. The second-order valence-electron chi connectivity index (χ2n) is 6.47. The third kappa shape index (κ3) is 6.99. The van der Waals surface area contributed by atoms with E-state index in [0.29, 0.717) is 11.8 Å². The summed E-state index contributed by atoms with van der Waals surface area (Å²) in [7, 11) is 0. The van der Waals surface area contributed by atoms with E-state index in [2.05, 4.69) is 10.6 Å². The van der Waals surface area contributed by atoms with Gasteiger partial charge in [-0.25, -0.2) is 8.78 Å². The number of aryl methyl sites for hydroxylation is 1. The van der Waals surface area contributed by atoms with Gasteiger partial charge in [0.15, 0.2) is 6.10 Å². The summed E-state index contributed by atoms with van der Waals surface area (Å²) in [4.78, 5) is 35.8. The molecule has 0 heterocycles. The molecule has 154 valence electrons. The third-order valence-electron chi connectivity index (χ3n) is 3.98. The minimum absolute atomic E-state index is 0.0335. The van der Waals surface area contributed by atoms with Gasteiger partial charge in [0.1, 0.15) is 11.6 Å².